The molecule has 0 bridgehead atoms. The first-order valence-corrected chi connectivity index (χ1v) is 8.47. The van der Waals surface area contributed by atoms with Crippen molar-refractivity contribution in [1.29, 1.82) is 0 Å². The van der Waals surface area contributed by atoms with Crippen LogP contribution in [0.2, 0.25) is 0 Å². The second kappa shape index (κ2) is 7.92. The van der Waals surface area contributed by atoms with Crippen molar-refractivity contribution in [3.63, 3.8) is 0 Å². The van der Waals surface area contributed by atoms with Gasteiger partial charge in [0.05, 0.1) is 12.5 Å². The number of nitrogens with two attached hydrogens (primary N) is 1. The lowest BCUT2D eigenvalue weighted by atomic mass is 10.0. The minimum absolute atomic E-state index is 0.0497. The third-order valence-electron chi connectivity index (χ3n) is 3.23. The quantitative estimate of drug-likeness (QED) is 0.636. The maximum atomic E-state index is 12.1. The highest BCUT2D eigenvalue weighted by molar-refractivity contribution is 7.87. The summed E-state index contributed by atoms with van der Waals surface area (Å²) in [6.45, 7) is 4.81. The Balaban J connectivity index is 2.54. The molecule has 0 aliphatic carbocycles. The summed E-state index contributed by atoms with van der Waals surface area (Å²) >= 11 is 0. The summed E-state index contributed by atoms with van der Waals surface area (Å²) in [4.78, 5) is 11.7. The summed E-state index contributed by atoms with van der Waals surface area (Å²) in [5, 5.41) is 0. The molecule has 0 aromatic carbocycles. The van der Waals surface area contributed by atoms with Crippen molar-refractivity contribution in [1.82, 2.24) is 9.03 Å². The average molecular weight is 307 g/mol. The summed E-state index contributed by atoms with van der Waals surface area (Å²) < 4.78 is 33.0. The van der Waals surface area contributed by atoms with Crippen LogP contribution >= 0.6 is 0 Å². The smallest absolute Gasteiger partial charge is 0.310 e. The second-order valence-electron chi connectivity index (χ2n) is 5.11. The van der Waals surface area contributed by atoms with Gasteiger partial charge in [-0.25, -0.2) is 4.72 Å². The maximum Gasteiger partial charge on any atom is 0.310 e. The third kappa shape index (κ3) is 5.35. The van der Waals surface area contributed by atoms with E-state index in [0.29, 0.717) is 39.0 Å². The molecule has 0 amide bonds. The topological polar surface area (TPSA) is 102 Å². The molecular formula is C12H25N3O4S. The van der Waals surface area contributed by atoms with Crippen molar-refractivity contribution in [3.8, 4) is 0 Å². The molecule has 1 fully saturated rings. The lowest BCUT2D eigenvalue weighted by Crippen LogP contribution is -2.48. The zero-order chi connectivity index (χ0) is 15.2. The predicted octanol–water partition coefficient (Wildman–Crippen LogP) is -0.167. The Morgan fingerprint density at radius 2 is 2.25 bits per heavy atom. The number of rotatable bonds is 7. The first kappa shape index (κ1) is 17.4. The van der Waals surface area contributed by atoms with Gasteiger partial charge in [0.1, 0.15) is 0 Å². The van der Waals surface area contributed by atoms with E-state index in [0.717, 1.165) is 0 Å². The Morgan fingerprint density at radius 3 is 2.85 bits per heavy atom. The molecule has 0 spiro atoms. The highest BCUT2D eigenvalue weighted by atomic mass is 32.2. The van der Waals surface area contributed by atoms with E-state index in [1.165, 1.54) is 4.31 Å². The largest absolute Gasteiger partial charge is 0.466 e. The lowest BCUT2D eigenvalue weighted by Gasteiger charge is -2.30. The Hall–Kier alpha value is -0.700. The fourth-order valence-corrected chi connectivity index (χ4v) is 3.42. The van der Waals surface area contributed by atoms with Crippen molar-refractivity contribution < 1.29 is 17.9 Å². The Kier molecular flexibility index (Phi) is 6.87. The fraction of sp³-hybridized carbons (Fsp3) is 0.917. The second-order valence-corrected chi connectivity index (χ2v) is 6.87. The zero-order valence-corrected chi connectivity index (χ0v) is 13.0. The van der Waals surface area contributed by atoms with Crippen molar-refractivity contribution in [3.05, 3.63) is 0 Å². The number of carbonyl (C=O) groups excluding carboxylic acids is 1. The molecular weight excluding hydrogens is 282 g/mol. The van der Waals surface area contributed by atoms with Crippen LogP contribution in [0.15, 0.2) is 0 Å². The summed E-state index contributed by atoms with van der Waals surface area (Å²) in [6.07, 6.45) is 1.91. The van der Waals surface area contributed by atoms with Gasteiger partial charge in [-0.15, -0.1) is 0 Å². The number of hydrogen-bond donors (Lipinski definition) is 2. The summed E-state index contributed by atoms with van der Waals surface area (Å²) in [5.74, 6) is -0.684. The van der Waals surface area contributed by atoms with E-state index < -0.39 is 10.2 Å². The number of hydrogen-bond acceptors (Lipinski definition) is 5. The van der Waals surface area contributed by atoms with Crippen molar-refractivity contribution in [2.45, 2.75) is 39.2 Å². The van der Waals surface area contributed by atoms with Crippen molar-refractivity contribution in [2.24, 2.45) is 11.7 Å². The number of carbonyl (C=O) groups is 1. The lowest BCUT2D eigenvalue weighted by molar-refractivity contribution is -0.149. The standard InChI is InChI=1S/C12H25N3O4S/c1-3-19-12(16)11-5-4-8-15(9-11)20(17,18)14-7-6-10(2)13/h10-11,14H,3-9,13H2,1-2H3. The van der Waals surface area contributed by atoms with Gasteiger partial charge in [-0.3, -0.25) is 4.79 Å². The van der Waals surface area contributed by atoms with Gasteiger partial charge < -0.3 is 10.5 Å². The van der Waals surface area contributed by atoms with E-state index in [2.05, 4.69) is 4.72 Å². The number of nitrogens with zero attached hydrogens (tertiary/aromatic N) is 1. The van der Waals surface area contributed by atoms with Gasteiger partial charge in [-0.05, 0) is 33.1 Å². The van der Waals surface area contributed by atoms with Crippen LogP contribution in [-0.2, 0) is 19.7 Å². The molecule has 1 saturated heterocycles. The minimum Gasteiger partial charge on any atom is -0.466 e. The van der Waals surface area contributed by atoms with E-state index in [4.69, 9.17) is 10.5 Å². The molecule has 1 heterocycles. The van der Waals surface area contributed by atoms with Crippen LogP contribution in [0.25, 0.3) is 0 Å². The van der Waals surface area contributed by atoms with Crippen molar-refractivity contribution >= 4 is 16.2 Å². The van der Waals surface area contributed by atoms with Crippen molar-refractivity contribution in [2.75, 3.05) is 26.2 Å². The predicted molar refractivity (Wildman–Crippen MR) is 76.1 cm³/mol. The zero-order valence-electron chi connectivity index (χ0n) is 12.2. The molecule has 0 saturated carbocycles. The Bertz CT molecular complexity index is 411. The summed E-state index contributed by atoms with van der Waals surface area (Å²) in [5.41, 5.74) is 5.59. The van der Waals surface area contributed by atoms with Crippen LogP contribution in [0.3, 0.4) is 0 Å². The molecule has 3 N–H and O–H groups in total. The molecule has 1 rings (SSSR count). The molecule has 1 aliphatic heterocycles. The number of piperidine rings is 1. The molecule has 20 heavy (non-hydrogen) atoms. The molecule has 0 radical (unpaired) electrons. The van der Waals surface area contributed by atoms with Gasteiger partial charge in [0.2, 0.25) is 0 Å². The van der Waals surface area contributed by atoms with Crippen LogP contribution in [0, 0.1) is 5.92 Å². The van der Waals surface area contributed by atoms with Gasteiger partial charge in [0.25, 0.3) is 10.2 Å². The van der Waals surface area contributed by atoms with E-state index in [9.17, 15) is 13.2 Å². The average Bonchev–Trinajstić information content (AvgIpc) is 2.38. The van der Waals surface area contributed by atoms with Gasteiger partial charge in [-0.2, -0.15) is 12.7 Å². The third-order valence-corrected chi connectivity index (χ3v) is 4.81. The first-order chi connectivity index (χ1) is 9.36. The SMILES string of the molecule is CCOC(=O)C1CCCN(S(=O)(=O)NCCC(C)N)C1. The van der Waals surface area contributed by atoms with Crippen LogP contribution in [0.1, 0.15) is 33.1 Å². The molecule has 0 aromatic rings. The van der Waals surface area contributed by atoms with Crippen LogP contribution < -0.4 is 10.5 Å². The van der Waals surface area contributed by atoms with Gasteiger partial charge in [0, 0.05) is 25.7 Å². The highest BCUT2D eigenvalue weighted by Gasteiger charge is 2.32. The van der Waals surface area contributed by atoms with Crippen LogP contribution in [0.4, 0.5) is 0 Å². The van der Waals surface area contributed by atoms with E-state index >= 15 is 0 Å². The van der Waals surface area contributed by atoms with Crippen LogP contribution in [-0.4, -0.2) is 51.0 Å². The molecule has 2 unspecified atom stereocenters. The minimum atomic E-state index is -3.54. The first-order valence-electron chi connectivity index (χ1n) is 7.03. The monoisotopic (exact) mass is 307 g/mol. The normalized spacial score (nSPS) is 22.4. The van der Waals surface area contributed by atoms with Crippen LogP contribution in [0.5, 0.6) is 0 Å². The van der Waals surface area contributed by atoms with E-state index in [-0.39, 0.29) is 24.5 Å². The molecule has 1 aliphatic rings. The van der Waals surface area contributed by atoms with Gasteiger partial charge in [0.15, 0.2) is 0 Å². The maximum absolute atomic E-state index is 12.1. The Labute approximate surface area is 121 Å². The van der Waals surface area contributed by atoms with E-state index in [1.807, 2.05) is 6.92 Å². The van der Waals surface area contributed by atoms with Gasteiger partial charge in [-0.1, -0.05) is 0 Å². The molecule has 7 nitrogen and oxygen atoms in total. The number of ether oxygens (including phenoxy) is 1. The van der Waals surface area contributed by atoms with E-state index in [1.54, 1.807) is 6.92 Å². The summed E-state index contributed by atoms with van der Waals surface area (Å²) in [6, 6.07) is -0.0497. The fourth-order valence-electron chi connectivity index (χ4n) is 2.12. The number of esters is 1. The molecule has 2 atom stereocenters. The molecule has 0 aromatic heterocycles. The number of nitrogens with one attached hydrogen (secondary N) is 1. The highest BCUT2D eigenvalue weighted by Crippen LogP contribution is 2.19. The molecule has 8 heteroatoms. The summed E-state index contributed by atoms with van der Waals surface area (Å²) in [7, 11) is -3.54. The molecule has 118 valence electrons. The van der Waals surface area contributed by atoms with Gasteiger partial charge >= 0.3 is 5.97 Å². The Morgan fingerprint density at radius 1 is 1.55 bits per heavy atom.